The molecule has 0 aliphatic rings. The molecule has 2 N–H and O–H groups in total. The number of thiocarbonyl (C=S) groups is 1. The summed E-state index contributed by atoms with van der Waals surface area (Å²) in [5.74, 6) is 1.31. The van der Waals surface area contributed by atoms with Gasteiger partial charge in [-0.05, 0) is 59.7 Å². The summed E-state index contributed by atoms with van der Waals surface area (Å²) in [6, 6.07) is 3.74. The molecule has 0 aliphatic carbocycles. The maximum absolute atomic E-state index is 5.74. The van der Waals surface area contributed by atoms with Crippen LogP contribution in [-0.4, -0.2) is 31.1 Å². The first-order valence-electron chi connectivity index (χ1n) is 6.70. The minimum absolute atomic E-state index is 0.0553. The lowest BCUT2D eigenvalue weighted by Crippen LogP contribution is -2.31. The molecule has 0 unspecified atom stereocenters. The summed E-state index contributed by atoms with van der Waals surface area (Å²) in [5, 5.41) is 7.42. The second-order valence-electron chi connectivity index (χ2n) is 4.57. The Labute approximate surface area is 144 Å². The second-order valence-corrected chi connectivity index (χ2v) is 5.83. The van der Waals surface area contributed by atoms with Gasteiger partial charge in [0.2, 0.25) is 0 Å². The van der Waals surface area contributed by atoms with Crippen LogP contribution in [0, 0.1) is 0 Å². The minimum atomic E-state index is 0.0553. The first-order chi connectivity index (χ1) is 10.5. The van der Waals surface area contributed by atoms with Crippen molar-refractivity contribution >= 4 is 39.5 Å². The monoisotopic (exact) mass is 385 g/mol. The predicted molar refractivity (Wildman–Crippen MR) is 98.0 cm³/mol. The summed E-state index contributed by atoms with van der Waals surface area (Å²) >= 11 is 8.53. The van der Waals surface area contributed by atoms with Gasteiger partial charge in [-0.3, -0.25) is 5.43 Å². The van der Waals surface area contributed by atoms with E-state index in [0.717, 1.165) is 10.0 Å². The predicted octanol–water partition coefficient (Wildman–Crippen LogP) is 3.23. The number of benzene rings is 1. The Morgan fingerprint density at radius 3 is 2.82 bits per heavy atom. The molecule has 7 heteroatoms. The molecule has 0 aromatic heterocycles. The van der Waals surface area contributed by atoms with Gasteiger partial charge in [0.1, 0.15) is 0 Å². The Kier molecular flexibility index (Phi) is 7.90. The van der Waals surface area contributed by atoms with Crippen LogP contribution in [0.3, 0.4) is 0 Å². The first-order valence-corrected chi connectivity index (χ1v) is 7.90. The molecular weight excluding hydrogens is 366 g/mol. The number of hydrogen-bond acceptors (Lipinski definition) is 4. The molecule has 0 spiro atoms. The van der Waals surface area contributed by atoms with E-state index in [2.05, 4.69) is 38.4 Å². The smallest absolute Gasteiger partial charge is 0.187 e. The van der Waals surface area contributed by atoms with Crippen LogP contribution in [0.15, 0.2) is 34.4 Å². The molecule has 0 saturated carbocycles. The average molecular weight is 386 g/mol. The zero-order chi connectivity index (χ0) is 16.5. The van der Waals surface area contributed by atoms with Gasteiger partial charge in [0.25, 0.3) is 0 Å². The van der Waals surface area contributed by atoms with Crippen LogP contribution in [0.1, 0.15) is 19.4 Å². The lowest BCUT2D eigenvalue weighted by Gasteiger charge is -2.15. The molecule has 22 heavy (non-hydrogen) atoms. The van der Waals surface area contributed by atoms with Crippen molar-refractivity contribution < 1.29 is 9.47 Å². The SMILES string of the molecule is C=CCNC(=S)N/N=C/c1cc(Br)c(OC(C)C)c(OC)c1. The third-order valence-electron chi connectivity index (χ3n) is 2.39. The Bertz CT molecular complexity index is 562. The van der Waals surface area contributed by atoms with Gasteiger partial charge in [0.05, 0.1) is 23.9 Å². The molecule has 0 radical (unpaired) electrons. The Hall–Kier alpha value is -1.60. The van der Waals surface area contributed by atoms with Crippen molar-refractivity contribution in [2.45, 2.75) is 20.0 Å². The number of nitrogens with zero attached hydrogens (tertiary/aromatic N) is 1. The van der Waals surface area contributed by atoms with Gasteiger partial charge in [-0.2, -0.15) is 5.10 Å². The van der Waals surface area contributed by atoms with E-state index in [1.54, 1.807) is 19.4 Å². The highest BCUT2D eigenvalue weighted by Gasteiger charge is 2.12. The number of ether oxygens (including phenoxy) is 2. The highest BCUT2D eigenvalue weighted by atomic mass is 79.9. The van der Waals surface area contributed by atoms with Gasteiger partial charge in [0.15, 0.2) is 16.6 Å². The van der Waals surface area contributed by atoms with E-state index in [4.69, 9.17) is 21.7 Å². The van der Waals surface area contributed by atoms with E-state index >= 15 is 0 Å². The van der Waals surface area contributed by atoms with Gasteiger partial charge in [0, 0.05) is 6.54 Å². The molecule has 0 fully saturated rings. The van der Waals surface area contributed by atoms with E-state index in [0.29, 0.717) is 23.2 Å². The first kappa shape index (κ1) is 18.4. The fourth-order valence-corrected chi connectivity index (χ4v) is 2.22. The Morgan fingerprint density at radius 2 is 2.23 bits per heavy atom. The number of hydrazone groups is 1. The minimum Gasteiger partial charge on any atom is -0.493 e. The van der Waals surface area contributed by atoms with Crippen LogP contribution in [-0.2, 0) is 0 Å². The number of hydrogen-bond donors (Lipinski definition) is 2. The summed E-state index contributed by atoms with van der Waals surface area (Å²) in [6.45, 7) is 8.11. The number of halogens is 1. The van der Waals surface area contributed by atoms with Crippen molar-refractivity contribution in [1.82, 2.24) is 10.7 Å². The normalized spacial score (nSPS) is 10.6. The molecule has 0 saturated heterocycles. The lowest BCUT2D eigenvalue weighted by atomic mass is 10.2. The van der Waals surface area contributed by atoms with E-state index in [9.17, 15) is 0 Å². The van der Waals surface area contributed by atoms with Gasteiger partial charge in [-0.15, -0.1) is 6.58 Å². The maximum atomic E-state index is 5.74. The van der Waals surface area contributed by atoms with Crippen LogP contribution < -0.4 is 20.2 Å². The standard InChI is InChI=1S/C15H20BrN3O2S/c1-5-6-17-15(22)19-18-9-11-7-12(16)14(21-10(2)3)13(8-11)20-4/h5,7-10H,1,6H2,2-4H3,(H2,17,19,22)/b18-9+. The third kappa shape index (κ3) is 6.03. The van der Waals surface area contributed by atoms with E-state index < -0.39 is 0 Å². The van der Waals surface area contributed by atoms with Gasteiger partial charge in [-0.1, -0.05) is 6.08 Å². The summed E-state index contributed by atoms with van der Waals surface area (Å²) in [6.07, 6.45) is 3.42. The van der Waals surface area contributed by atoms with Crippen molar-refractivity contribution in [2.24, 2.45) is 5.10 Å². The number of nitrogens with one attached hydrogen (secondary N) is 2. The van der Waals surface area contributed by atoms with Crippen LogP contribution in [0.4, 0.5) is 0 Å². The molecule has 5 nitrogen and oxygen atoms in total. The topological polar surface area (TPSA) is 54.9 Å². The fraction of sp³-hybridized carbons (Fsp3) is 0.333. The number of rotatable bonds is 7. The average Bonchev–Trinajstić information content (AvgIpc) is 2.47. The van der Waals surface area contributed by atoms with Crippen molar-refractivity contribution in [3.8, 4) is 11.5 Å². The highest BCUT2D eigenvalue weighted by Crippen LogP contribution is 2.36. The summed E-state index contributed by atoms with van der Waals surface area (Å²) in [4.78, 5) is 0. The zero-order valence-corrected chi connectivity index (χ0v) is 15.3. The van der Waals surface area contributed by atoms with Crippen LogP contribution >= 0.6 is 28.1 Å². The lowest BCUT2D eigenvalue weighted by molar-refractivity contribution is 0.228. The van der Waals surface area contributed by atoms with Crippen LogP contribution in [0.5, 0.6) is 11.5 Å². The van der Waals surface area contributed by atoms with Gasteiger partial charge in [-0.25, -0.2) is 0 Å². The summed E-state index contributed by atoms with van der Waals surface area (Å²) in [5.41, 5.74) is 3.57. The van der Waals surface area contributed by atoms with E-state index in [1.807, 2.05) is 26.0 Å². The maximum Gasteiger partial charge on any atom is 0.187 e. The molecule has 1 aromatic carbocycles. The van der Waals surface area contributed by atoms with Gasteiger partial charge >= 0.3 is 0 Å². The Morgan fingerprint density at radius 1 is 1.50 bits per heavy atom. The van der Waals surface area contributed by atoms with Crippen LogP contribution in [0.25, 0.3) is 0 Å². The highest BCUT2D eigenvalue weighted by molar-refractivity contribution is 9.10. The summed E-state index contributed by atoms with van der Waals surface area (Å²) < 4.78 is 11.9. The van der Waals surface area contributed by atoms with E-state index in [-0.39, 0.29) is 6.10 Å². The van der Waals surface area contributed by atoms with Crippen molar-refractivity contribution in [3.63, 3.8) is 0 Å². The largest absolute Gasteiger partial charge is 0.493 e. The number of methoxy groups -OCH3 is 1. The third-order valence-corrected chi connectivity index (χ3v) is 3.22. The summed E-state index contributed by atoms with van der Waals surface area (Å²) in [7, 11) is 1.60. The molecule has 0 bridgehead atoms. The molecule has 0 heterocycles. The zero-order valence-electron chi connectivity index (χ0n) is 12.9. The molecule has 1 rings (SSSR count). The van der Waals surface area contributed by atoms with Gasteiger partial charge < -0.3 is 14.8 Å². The quantitative estimate of drug-likeness (QED) is 0.326. The Balaban J connectivity index is 2.82. The van der Waals surface area contributed by atoms with Crippen LogP contribution in [0.2, 0.25) is 0 Å². The van der Waals surface area contributed by atoms with Crippen molar-refractivity contribution in [2.75, 3.05) is 13.7 Å². The molecule has 0 aliphatic heterocycles. The van der Waals surface area contributed by atoms with Crippen molar-refractivity contribution in [1.29, 1.82) is 0 Å². The van der Waals surface area contributed by atoms with E-state index in [1.165, 1.54) is 0 Å². The second kappa shape index (κ2) is 9.42. The fourth-order valence-electron chi connectivity index (χ4n) is 1.53. The molecule has 1 aromatic rings. The molecule has 120 valence electrons. The molecule has 0 atom stereocenters. The van der Waals surface area contributed by atoms with Crippen molar-refractivity contribution in [3.05, 3.63) is 34.8 Å². The molecule has 0 amide bonds. The molecular formula is C15H20BrN3O2S.